The van der Waals surface area contributed by atoms with Crippen molar-refractivity contribution in [1.29, 1.82) is 0 Å². The van der Waals surface area contributed by atoms with Crippen LogP contribution in [0, 0.1) is 0 Å². The number of benzene rings is 5. The van der Waals surface area contributed by atoms with E-state index in [4.69, 9.17) is 0 Å². The second-order valence-corrected chi connectivity index (χ2v) is 7.97. The van der Waals surface area contributed by atoms with Crippen molar-refractivity contribution in [1.82, 2.24) is 0 Å². The summed E-state index contributed by atoms with van der Waals surface area (Å²) >= 11 is 0. The smallest absolute Gasteiger partial charge is 0.0637 e. The normalized spacial score (nSPS) is 10.8. The number of para-hydroxylation sites is 3. The first kappa shape index (κ1) is 21.3. The van der Waals surface area contributed by atoms with E-state index in [-0.39, 0.29) is 0 Å². The average molecular weight is 439 g/mol. The molecule has 0 heterocycles. The van der Waals surface area contributed by atoms with Gasteiger partial charge >= 0.3 is 0 Å². The third kappa shape index (κ3) is 4.92. The third-order valence-electron chi connectivity index (χ3n) is 5.61. The first-order valence-electron chi connectivity index (χ1n) is 11.5. The highest BCUT2D eigenvalue weighted by atomic mass is 15.6. The van der Waals surface area contributed by atoms with Crippen molar-refractivity contribution in [2.24, 2.45) is 0 Å². The Hall–Kier alpha value is -4.56. The van der Waals surface area contributed by atoms with Crippen molar-refractivity contribution < 1.29 is 0 Å². The molecule has 0 aromatic heterocycles. The van der Waals surface area contributed by atoms with Gasteiger partial charge in [0.25, 0.3) is 0 Å². The summed E-state index contributed by atoms with van der Waals surface area (Å²) in [5, 5.41) is 4.51. The number of nitrogens with zero attached hydrogens (tertiary/aromatic N) is 2. The first-order valence-corrected chi connectivity index (χ1v) is 11.5. The molecular formula is C32H26N2. The van der Waals surface area contributed by atoms with Crippen molar-refractivity contribution in [2.75, 3.05) is 10.0 Å². The highest BCUT2D eigenvalue weighted by Crippen LogP contribution is 2.36. The van der Waals surface area contributed by atoms with Crippen molar-refractivity contribution in [3.63, 3.8) is 0 Å². The quantitative estimate of drug-likeness (QED) is 0.185. The summed E-state index contributed by atoms with van der Waals surface area (Å²) in [7, 11) is 0. The van der Waals surface area contributed by atoms with Crippen LogP contribution in [0.1, 0.15) is 11.1 Å². The zero-order valence-corrected chi connectivity index (χ0v) is 18.9. The summed E-state index contributed by atoms with van der Waals surface area (Å²) in [5.74, 6) is 0. The molecule has 164 valence electrons. The maximum Gasteiger partial charge on any atom is 0.0637 e. The van der Waals surface area contributed by atoms with Gasteiger partial charge in [-0.1, -0.05) is 109 Å². The minimum atomic E-state index is 1.08. The van der Waals surface area contributed by atoms with Crippen LogP contribution in [0.5, 0.6) is 0 Å². The largest absolute Gasteiger partial charge is 0.249 e. The topological polar surface area (TPSA) is 6.48 Å². The first-order chi connectivity index (χ1) is 16.9. The van der Waals surface area contributed by atoms with Crippen LogP contribution in [0.15, 0.2) is 146 Å². The van der Waals surface area contributed by atoms with Crippen molar-refractivity contribution in [2.45, 2.75) is 0 Å². The Kier molecular flexibility index (Phi) is 6.50. The molecule has 0 aliphatic rings. The van der Waals surface area contributed by atoms with Crippen LogP contribution >= 0.6 is 0 Å². The van der Waals surface area contributed by atoms with Gasteiger partial charge in [0.15, 0.2) is 0 Å². The molecule has 0 unspecified atom stereocenters. The molecule has 0 atom stereocenters. The van der Waals surface area contributed by atoms with Gasteiger partial charge in [-0.25, -0.2) is 10.0 Å². The zero-order valence-electron chi connectivity index (χ0n) is 18.9. The van der Waals surface area contributed by atoms with Gasteiger partial charge in [-0.15, -0.1) is 0 Å². The summed E-state index contributed by atoms with van der Waals surface area (Å²) in [4.78, 5) is 0. The Morgan fingerprint density at radius 3 is 0.971 bits per heavy atom. The second-order valence-electron chi connectivity index (χ2n) is 7.97. The highest BCUT2D eigenvalue weighted by molar-refractivity contribution is 5.78. The maximum absolute atomic E-state index is 2.26. The van der Waals surface area contributed by atoms with Gasteiger partial charge in [0.2, 0.25) is 0 Å². The lowest BCUT2D eigenvalue weighted by molar-refractivity contribution is 0.990. The van der Waals surface area contributed by atoms with E-state index >= 15 is 0 Å². The molecule has 0 aliphatic heterocycles. The summed E-state index contributed by atoms with van der Waals surface area (Å²) in [5.41, 5.74) is 6.69. The van der Waals surface area contributed by atoms with Crippen LogP contribution in [-0.2, 0) is 0 Å². The Bertz CT molecular complexity index is 1270. The lowest BCUT2D eigenvalue weighted by Crippen LogP contribution is -2.35. The third-order valence-corrected chi connectivity index (χ3v) is 5.61. The monoisotopic (exact) mass is 438 g/mol. The summed E-state index contributed by atoms with van der Waals surface area (Å²) in [6, 6.07) is 50.5. The van der Waals surface area contributed by atoms with Crippen LogP contribution in [0.2, 0.25) is 0 Å². The minimum absolute atomic E-state index is 1.08. The van der Waals surface area contributed by atoms with E-state index in [1.807, 2.05) is 18.2 Å². The molecule has 2 nitrogen and oxygen atoms in total. The number of hydrogen-bond donors (Lipinski definition) is 0. The van der Waals surface area contributed by atoms with Gasteiger partial charge in [0.1, 0.15) is 0 Å². The fraction of sp³-hybridized carbons (Fsp3) is 0. The molecule has 34 heavy (non-hydrogen) atoms. The van der Waals surface area contributed by atoms with E-state index in [0.717, 1.165) is 28.3 Å². The zero-order chi connectivity index (χ0) is 23.0. The molecule has 5 rings (SSSR count). The second kappa shape index (κ2) is 10.4. The Morgan fingerprint density at radius 2 is 0.588 bits per heavy atom. The lowest BCUT2D eigenvalue weighted by Gasteiger charge is -2.38. The molecule has 0 radical (unpaired) electrons. The highest BCUT2D eigenvalue weighted by Gasteiger charge is 2.20. The van der Waals surface area contributed by atoms with Crippen molar-refractivity contribution >= 4 is 34.9 Å². The summed E-state index contributed by atoms with van der Waals surface area (Å²) in [6.07, 6.45) is 4.29. The van der Waals surface area contributed by atoms with Gasteiger partial charge in [-0.3, -0.25) is 0 Å². The summed E-state index contributed by atoms with van der Waals surface area (Å²) in [6.45, 7) is 0. The van der Waals surface area contributed by atoms with Crippen molar-refractivity contribution in [3.05, 3.63) is 157 Å². The SMILES string of the molecule is C(=Cc1ccc(N(c2ccccc2)N(c2ccccc2)c2ccccc2)cc1)c1ccccc1. The Morgan fingerprint density at radius 1 is 0.294 bits per heavy atom. The maximum atomic E-state index is 2.26. The number of rotatable bonds is 7. The Balaban J connectivity index is 1.57. The fourth-order valence-electron chi connectivity index (χ4n) is 3.95. The van der Waals surface area contributed by atoms with E-state index in [9.17, 15) is 0 Å². The van der Waals surface area contributed by atoms with Crippen LogP contribution in [0.3, 0.4) is 0 Å². The van der Waals surface area contributed by atoms with Crippen molar-refractivity contribution in [3.8, 4) is 0 Å². The molecule has 2 heteroatoms. The Labute approximate surface area is 201 Å². The van der Waals surface area contributed by atoms with Gasteiger partial charge in [0.05, 0.1) is 22.7 Å². The van der Waals surface area contributed by atoms with E-state index in [2.05, 4.69) is 150 Å². The number of anilines is 4. The predicted octanol–water partition coefficient (Wildman–Crippen LogP) is 8.75. The molecule has 0 saturated carbocycles. The van der Waals surface area contributed by atoms with Gasteiger partial charge in [-0.2, -0.15) is 0 Å². The summed E-state index contributed by atoms with van der Waals surface area (Å²) < 4.78 is 0. The van der Waals surface area contributed by atoms with Gasteiger partial charge in [-0.05, 0) is 59.7 Å². The molecule has 0 amide bonds. The molecule has 5 aromatic rings. The van der Waals surface area contributed by atoms with Crippen LogP contribution in [-0.4, -0.2) is 0 Å². The molecule has 0 fully saturated rings. The molecule has 0 aliphatic carbocycles. The van der Waals surface area contributed by atoms with Crippen LogP contribution in [0.4, 0.5) is 22.7 Å². The van der Waals surface area contributed by atoms with E-state index in [0.29, 0.717) is 0 Å². The van der Waals surface area contributed by atoms with E-state index < -0.39 is 0 Å². The van der Waals surface area contributed by atoms with Gasteiger partial charge in [0, 0.05) is 0 Å². The van der Waals surface area contributed by atoms with E-state index in [1.54, 1.807) is 0 Å². The fourth-order valence-corrected chi connectivity index (χ4v) is 3.95. The molecule has 5 aromatic carbocycles. The predicted molar refractivity (Wildman–Crippen MR) is 145 cm³/mol. The van der Waals surface area contributed by atoms with Crippen LogP contribution in [0.25, 0.3) is 12.2 Å². The standard InChI is InChI=1S/C32H26N2/c1-5-13-27(14-6-1)21-22-28-23-25-32(26-24-28)34(31-19-11-4-12-20-31)33(29-15-7-2-8-16-29)30-17-9-3-10-18-30/h1-26H. The molecule has 0 saturated heterocycles. The number of hydrogen-bond acceptors (Lipinski definition) is 2. The molecule has 0 bridgehead atoms. The molecule has 0 spiro atoms. The number of hydrazine groups is 1. The average Bonchev–Trinajstić information content (AvgIpc) is 2.93. The van der Waals surface area contributed by atoms with Gasteiger partial charge < -0.3 is 0 Å². The lowest BCUT2D eigenvalue weighted by atomic mass is 10.1. The van der Waals surface area contributed by atoms with Crippen LogP contribution < -0.4 is 10.0 Å². The minimum Gasteiger partial charge on any atom is -0.249 e. The molecule has 0 N–H and O–H groups in total. The molecular weight excluding hydrogens is 412 g/mol. The van der Waals surface area contributed by atoms with E-state index in [1.165, 1.54) is 5.56 Å².